The van der Waals surface area contributed by atoms with Gasteiger partial charge in [0.25, 0.3) is 0 Å². The van der Waals surface area contributed by atoms with Gasteiger partial charge in [0.2, 0.25) is 0 Å². The van der Waals surface area contributed by atoms with E-state index >= 15 is 0 Å². The van der Waals surface area contributed by atoms with Crippen LogP contribution in [0.15, 0.2) is 43.4 Å². The van der Waals surface area contributed by atoms with Crippen molar-refractivity contribution in [3.63, 3.8) is 0 Å². The van der Waals surface area contributed by atoms with Gasteiger partial charge in [-0.2, -0.15) is 0 Å². The fourth-order valence-electron chi connectivity index (χ4n) is 1.48. The molecule has 3 heterocycles. The van der Waals surface area contributed by atoms with Gasteiger partial charge in [-0.05, 0) is 64.3 Å². The number of nitrogens with zero attached hydrogens (tertiary/aromatic N) is 5. The molecule has 0 aliphatic rings. The Morgan fingerprint density at radius 2 is 1.12 bits per heavy atom. The van der Waals surface area contributed by atoms with Crippen molar-refractivity contribution in [1.29, 1.82) is 0 Å². The summed E-state index contributed by atoms with van der Waals surface area (Å²) in [5.74, 6) is 0. The molecule has 0 unspecified atom stereocenters. The van der Waals surface area contributed by atoms with Gasteiger partial charge in [-0.3, -0.25) is 15.0 Å². The third-order valence-corrected chi connectivity index (χ3v) is 3.58. The highest BCUT2D eigenvalue weighted by Gasteiger charge is 1.88. The number of aromatic nitrogens is 5. The Morgan fingerprint density at radius 3 is 1.46 bits per heavy atom. The van der Waals surface area contributed by atoms with Gasteiger partial charge in [0.05, 0.1) is 11.4 Å². The number of aryl methyl sites for hydroxylation is 6. The molecule has 5 heteroatoms. The van der Waals surface area contributed by atoms with Crippen molar-refractivity contribution in [2.75, 3.05) is 0 Å². The van der Waals surface area contributed by atoms with Gasteiger partial charge < -0.3 is 0 Å². The van der Waals surface area contributed by atoms with Gasteiger partial charge in [0.1, 0.15) is 6.33 Å². The average molecular weight is 323 g/mol. The summed E-state index contributed by atoms with van der Waals surface area (Å²) in [5, 5.41) is 0. The predicted molar refractivity (Wildman–Crippen MR) is 96.7 cm³/mol. The predicted octanol–water partition coefficient (Wildman–Crippen LogP) is 3.89. The highest BCUT2D eigenvalue weighted by molar-refractivity contribution is 5.18. The number of hydrogen-bond donors (Lipinski definition) is 0. The van der Waals surface area contributed by atoms with Crippen molar-refractivity contribution < 1.29 is 0 Å². The van der Waals surface area contributed by atoms with E-state index < -0.39 is 0 Å². The zero-order chi connectivity index (χ0) is 17.9. The van der Waals surface area contributed by atoms with Gasteiger partial charge in [-0.15, -0.1) is 0 Å². The van der Waals surface area contributed by atoms with E-state index in [1.165, 1.54) is 11.1 Å². The summed E-state index contributed by atoms with van der Waals surface area (Å²) in [6.45, 7) is 12.0. The first kappa shape index (κ1) is 19.4. The van der Waals surface area contributed by atoms with Gasteiger partial charge in [0.15, 0.2) is 0 Å². The molecule has 5 nitrogen and oxygen atoms in total. The monoisotopic (exact) mass is 323 g/mol. The van der Waals surface area contributed by atoms with Crippen LogP contribution in [0.1, 0.15) is 33.8 Å². The second-order valence-electron chi connectivity index (χ2n) is 5.48. The maximum absolute atomic E-state index is 4.02. The van der Waals surface area contributed by atoms with E-state index in [9.17, 15) is 0 Å². The summed E-state index contributed by atoms with van der Waals surface area (Å²) in [7, 11) is 0. The molecule has 0 amide bonds. The lowest BCUT2D eigenvalue weighted by molar-refractivity contribution is 1.05. The Bertz CT molecular complexity index is 590. The van der Waals surface area contributed by atoms with Crippen molar-refractivity contribution in [2.24, 2.45) is 0 Å². The molecule has 0 saturated carbocycles. The van der Waals surface area contributed by atoms with Gasteiger partial charge in [0, 0.05) is 36.7 Å². The quantitative estimate of drug-likeness (QED) is 0.628. The van der Waals surface area contributed by atoms with E-state index in [0.29, 0.717) is 0 Å². The van der Waals surface area contributed by atoms with E-state index in [0.717, 1.165) is 22.6 Å². The van der Waals surface area contributed by atoms with Crippen LogP contribution in [0.3, 0.4) is 0 Å². The molecule has 0 atom stereocenters. The van der Waals surface area contributed by atoms with Crippen LogP contribution < -0.4 is 0 Å². The summed E-state index contributed by atoms with van der Waals surface area (Å²) >= 11 is 0. The molecule has 0 bridgehead atoms. The van der Waals surface area contributed by atoms with E-state index in [4.69, 9.17) is 0 Å². The van der Waals surface area contributed by atoms with Crippen LogP contribution in [0.5, 0.6) is 0 Å². The van der Waals surface area contributed by atoms with Gasteiger partial charge in [-0.1, -0.05) is 0 Å². The Hall–Kier alpha value is -2.69. The van der Waals surface area contributed by atoms with Gasteiger partial charge in [-0.25, -0.2) is 9.97 Å². The third kappa shape index (κ3) is 7.05. The SMILES string of the molecule is Cc1ccncc1C.Cc1cncnc1C.Cc1nccnc1C. The first-order valence-electron chi connectivity index (χ1n) is 7.76. The molecule has 0 spiro atoms. The van der Waals surface area contributed by atoms with Crippen LogP contribution in [-0.2, 0) is 0 Å². The van der Waals surface area contributed by atoms with Crippen molar-refractivity contribution in [2.45, 2.75) is 41.5 Å². The Labute approximate surface area is 144 Å². The van der Waals surface area contributed by atoms with Crippen molar-refractivity contribution in [3.05, 3.63) is 77.2 Å². The molecular weight excluding hydrogens is 298 g/mol. The maximum Gasteiger partial charge on any atom is 0.115 e. The van der Waals surface area contributed by atoms with Crippen LogP contribution in [0.2, 0.25) is 0 Å². The lowest BCUT2D eigenvalue weighted by atomic mass is 10.2. The molecule has 126 valence electrons. The average Bonchev–Trinajstić information content (AvgIpc) is 2.57. The fourth-order valence-corrected chi connectivity index (χ4v) is 1.48. The fraction of sp³-hybridized carbons (Fsp3) is 0.316. The lowest BCUT2D eigenvalue weighted by Crippen LogP contribution is -1.87. The summed E-state index contributed by atoms with van der Waals surface area (Å²) in [6.07, 6.45) is 10.4. The van der Waals surface area contributed by atoms with Crippen LogP contribution >= 0.6 is 0 Å². The van der Waals surface area contributed by atoms with E-state index in [2.05, 4.69) is 38.8 Å². The first-order chi connectivity index (χ1) is 11.4. The van der Waals surface area contributed by atoms with E-state index in [-0.39, 0.29) is 0 Å². The minimum absolute atomic E-state index is 1.01. The molecule has 3 aromatic rings. The normalized spacial score (nSPS) is 9.25. The Balaban J connectivity index is 0.000000180. The Kier molecular flexibility index (Phi) is 8.19. The standard InChI is InChI=1S/C7H9N.2C6H8N2/c1-6-3-4-8-5-7(6)2;1-5-3-7-4-8-6(5)2;1-5-6(2)8-4-3-7-5/h3-5H,1-2H3;2*3-4H,1-2H3. The molecule has 24 heavy (non-hydrogen) atoms. The largest absolute Gasteiger partial charge is 0.264 e. The second-order valence-corrected chi connectivity index (χ2v) is 5.48. The van der Waals surface area contributed by atoms with Crippen LogP contribution in [0.25, 0.3) is 0 Å². The number of hydrogen-bond acceptors (Lipinski definition) is 5. The Morgan fingerprint density at radius 1 is 0.542 bits per heavy atom. The molecule has 0 aliphatic heterocycles. The molecule has 3 rings (SSSR count). The molecule has 0 fully saturated rings. The molecule has 0 aromatic carbocycles. The van der Waals surface area contributed by atoms with Crippen molar-refractivity contribution >= 4 is 0 Å². The summed E-state index contributed by atoms with van der Waals surface area (Å²) in [4.78, 5) is 19.8. The zero-order valence-corrected chi connectivity index (χ0v) is 15.3. The first-order valence-corrected chi connectivity index (χ1v) is 7.76. The summed E-state index contributed by atoms with van der Waals surface area (Å²) in [5.41, 5.74) is 6.78. The smallest absolute Gasteiger partial charge is 0.115 e. The maximum atomic E-state index is 4.02. The molecule has 0 radical (unpaired) electrons. The molecule has 0 saturated heterocycles. The molecule has 0 N–H and O–H groups in total. The minimum atomic E-state index is 1.01. The van der Waals surface area contributed by atoms with Crippen LogP contribution in [-0.4, -0.2) is 24.9 Å². The highest BCUT2D eigenvalue weighted by Crippen LogP contribution is 2.00. The topological polar surface area (TPSA) is 64.5 Å². The zero-order valence-electron chi connectivity index (χ0n) is 15.3. The minimum Gasteiger partial charge on any atom is -0.264 e. The number of rotatable bonds is 0. The van der Waals surface area contributed by atoms with Crippen molar-refractivity contribution in [3.8, 4) is 0 Å². The van der Waals surface area contributed by atoms with Crippen molar-refractivity contribution in [1.82, 2.24) is 24.9 Å². The third-order valence-electron chi connectivity index (χ3n) is 3.58. The summed E-state index contributed by atoms with van der Waals surface area (Å²) < 4.78 is 0. The lowest BCUT2D eigenvalue weighted by Gasteiger charge is -1.92. The van der Waals surface area contributed by atoms with E-state index in [1.807, 2.05) is 52.4 Å². The number of pyridine rings is 1. The highest BCUT2D eigenvalue weighted by atomic mass is 14.8. The molecule has 3 aromatic heterocycles. The molecular formula is C19H25N5. The second kappa shape index (κ2) is 10.2. The van der Waals surface area contributed by atoms with Crippen LogP contribution in [0, 0.1) is 41.5 Å². The van der Waals surface area contributed by atoms with Crippen LogP contribution in [0.4, 0.5) is 0 Å². The molecule has 0 aliphatic carbocycles. The summed E-state index contributed by atoms with van der Waals surface area (Å²) in [6, 6.07) is 2.01. The van der Waals surface area contributed by atoms with Gasteiger partial charge >= 0.3 is 0 Å². The van der Waals surface area contributed by atoms with E-state index in [1.54, 1.807) is 18.7 Å².